The van der Waals surface area contributed by atoms with E-state index in [2.05, 4.69) is 10.1 Å². The molecule has 1 aliphatic rings. The molecular weight excluding hydrogens is 371 g/mol. The minimum absolute atomic E-state index is 0.138. The van der Waals surface area contributed by atoms with Crippen LogP contribution in [0.4, 0.5) is 13.2 Å². The second-order valence-corrected chi connectivity index (χ2v) is 6.30. The van der Waals surface area contributed by atoms with Gasteiger partial charge in [-0.05, 0) is 24.6 Å². The molecule has 1 fully saturated rings. The van der Waals surface area contributed by atoms with Crippen molar-refractivity contribution in [2.45, 2.75) is 31.0 Å². The zero-order valence-electron chi connectivity index (χ0n) is 14.4. The molecule has 1 aromatic carbocycles. The largest absolute Gasteiger partial charge is 0.573 e. The standard InChI is InChI=1S/C16H20F3N3O5/c1-15(9-2-4-10(5-3-9)27-16(17,18)19)8-21-6-7-22(15)14(26)12(24)11(23)13(20)25/h2-5,11-12,21,23-24H,6-8H2,1H3,(H2,20,25)/t11?,12?,15-/m0/s1. The molecule has 2 unspecified atom stereocenters. The van der Waals surface area contributed by atoms with Gasteiger partial charge in [0, 0.05) is 19.6 Å². The van der Waals surface area contributed by atoms with Crippen molar-refractivity contribution in [3.8, 4) is 5.75 Å². The van der Waals surface area contributed by atoms with Gasteiger partial charge in [0.05, 0.1) is 5.54 Å². The number of nitrogens with two attached hydrogens (primary N) is 1. The maximum atomic E-state index is 12.6. The number of alkyl halides is 3. The fraction of sp³-hybridized carbons (Fsp3) is 0.500. The fourth-order valence-corrected chi connectivity index (χ4v) is 2.94. The lowest BCUT2D eigenvalue weighted by molar-refractivity contribution is -0.274. The molecule has 0 radical (unpaired) electrons. The van der Waals surface area contributed by atoms with Crippen molar-refractivity contribution in [3.63, 3.8) is 0 Å². The first-order valence-corrected chi connectivity index (χ1v) is 7.99. The lowest BCUT2D eigenvalue weighted by atomic mass is 9.87. The summed E-state index contributed by atoms with van der Waals surface area (Å²) in [4.78, 5) is 24.9. The van der Waals surface area contributed by atoms with Crippen molar-refractivity contribution >= 4 is 11.8 Å². The van der Waals surface area contributed by atoms with Gasteiger partial charge in [0.25, 0.3) is 5.91 Å². The highest BCUT2D eigenvalue weighted by Gasteiger charge is 2.43. The van der Waals surface area contributed by atoms with Gasteiger partial charge in [-0.15, -0.1) is 13.2 Å². The molecule has 1 saturated heterocycles. The van der Waals surface area contributed by atoms with E-state index < -0.39 is 41.7 Å². The minimum atomic E-state index is -4.82. The molecule has 0 bridgehead atoms. The number of rotatable bonds is 5. The molecule has 1 aromatic rings. The number of aliphatic hydroxyl groups excluding tert-OH is 2. The molecule has 2 amide bonds. The zero-order chi connectivity index (χ0) is 20.4. The molecule has 1 aliphatic heterocycles. The lowest BCUT2D eigenvalue weighted by Crippen LogP contribution is -2.63. The van der Waals surface area contributed by atoms with Crippen LogP contribution in [0.25, 0.3) is 0 Å². The van der Waals surface area contributed by atoms with Gasteiger partial charge in [-0.2, -0.15) is 0 Å². The van der Waals surface area contributed by atoms with E-state index >= 15 is 0 Å². The Morgan fingerprint density at radius 1 is 1.26 bits per heavy atom. The third-order valence-electron chi connectivity index (χ3n) is 4.40. The molecule has 2 rings (SSSR count). The highest BCUT2D eigenvalue weighted by molar-refractivity contribution is 5.90. The molecule has 27 heavy (non-hydrogen) atoms. The quantitative estimate of drug-likeness (QED) is 0.533. The van der Waals surface area contributed by atoms with Crippen LogP contribution in [0.2, 0.25) is 0 Å². The summed E-state index contributed by atoms with van der Waals surface area (Å²) < 4.78 is 40.7. The number of carbonyl (C=O) groups is 2. The summed E-state index contributed by atoms with van der Waals surface area (Å²) in [6.45, 7) is 2.40. The van der Waals surface area contributed by atoms with E-state index in [0.29, 0.717) is 12.1 Å². The van der Waals surface area contributed by atoms with Crippen LogP contribution in [-0.2, 0) is 15.1 Å². The monoisotopic (exact) mass is 391 g/mol. The number of primary amides is 1. The number of carbonyl (C=O) groups excluding carboxylic acids is 2. The Morgan fingerprint density at radius 2 is 1.85 bits per heavy atom. The van der Waals surface area contributed by atoms with Gasteiger partial charge in [0.2, 0.25) is 5.91 Å². The van der Waals surface area contributed by atoms with Crippen LogP contribution in [0.5, 0.6) is 5.75 Å². The van der Waals surface area contributed by atoms with E-state index in [1.807, 2.05) is 0 Å². The summed E-state index contributed by atoms with van der Waals surface area (Å²) >= 11 is 0. The molecule has 1 heterocycles. The third kappa shape index (κ3) is 4.67. The van der Waals surface area contributed by atoms with E-state index in [0.717, 1.165) is 12.1 Å². The van der Waals surface area contributed by atoms with Gasteiger partial charge in [-0.25, -0.2) is 0 Å². The number of hydrogen-bond acceptors (Lipinski definition) is 6. The maximum absolute atomic E-state index is 12.6. The van der Waals surface area contributed by atoms with Gasteiger partial charge in [0.1, 0.15) is 5.75 Å². The smallest absolute Gasteiger partial charge is 0.406 e. The number of hydrogen-bond donors (Lipinski definition) is 4. The van der Waals surface area contributed by atoms with Crippen LogP contribution in [0, 0.1) is 0 Å². The van der Waals surface area contributed by atoms with Crippen molar-refractivity contribution < 1.29 is 37.7 Å². The number of nitrogens with one attached hydrogen (secondary N) is 1. The zero-order valence-corrected chi connectivity index (χ0v) is 14.4. The summed E-state index contributed by atoms with van der Waals surface area (Å²) in [6, 6.07) is 4.95. The first-order valence-electron chi connectivity index (χ1n) is 7.99. The van der Waals surface area contributed by atoms with Gasteiger partial charge < -0.3 is 30.9 Å². The lowest BCUT2D eigenvalue weighted by Gasteiger charge is -2.46. The Hall–Kier alpha value is -2.37. The van der Waals surface area contributed by atoms with Gasteiger partial charge in [-0.3, -0.25) is 9.59 Å². The van der Waals surface area contributed by atoms with E-state index in [1.165, 1.54) is 17.0 Å². The SMILES string of the molecule is C[C@@]1(c2ccc(OC(F)(F)F)cc2)CNCCN1C(=O)C(O)C(O)C(N)=O. The molecule has 8 nitrogen and oxygen atoms in total. The van der Waals surface area contributed by atoms with Crippen molar-refractivity contribution in [2.75, 3.05) is 19.6 Å². The molecule has 5 N–H and O–H groups in total. The summed E-state index contributed by atoms with van der Waals surface area (Å²) in [6.07, 6.45) is -8.94. The molecule has 150 valence electrons. The number of ether oxygens (including phenoxy) is 1. The van der Waals surface area contributed by atoms with Crippen LogP contribution >= 0.6 is 0 Å². The van der Waals surface area contributed by atoms with Crippen LogP contribution in [0.15, 0.2) is 24.3 Å². The molecule has 0 aliphatic carbocycles. The summed E-state index contributed by atoms with van der Waals surface area (Å²) in [5.74, 6) is -2.58. The number of benzene rings is 1. The summed E-state index contributed by atoms with van der Waals surface area (Å²) in [5.41, 5.74) is 4.33. The summed E-state index contributed by atoms with van der Waals surface area (Å²) in [7, 11) is 0. The van der Waals surface area contributed by atoms with Gasteiger partial charge >= 0.3 is 6.36 Å². The van der Waals surface area contributed by atoms with Gasteiger partial charge in [0.15, 0.2) is 12.2 Å². The average Bonchev–Trinajstić information content (AvgIpc) is 2.59. The third-order valence-corrected chi connectivity index (χ3v) is 4.40. The number of halogens is 3. The molecule has 3 atom stereocenters. The Bertz CT molecular complexity index is 698. The Balaban J connectivity index is 2.28. The highest BCUT2D eigenvalue weighted by Crippen LogP contribution is 2.32. The number of amides is 2. The maximum Gasteiger partial charge on any atom is 0.573 e. The second-order valence-electron chi connectivity index (χ2n) is 6.30. The molecule has 0 spiro atoms. The van der Waals surface area contributed by atoms with Crippen molar-refractivity contribution in [1.29, 1.82) is 0 Å². The average molecular weight is 391 g/mol. The van der Waals surface area contributed by atoms with Crippen LogP contribution in [0.1, 0.15) is 12.5 Å². The molecule has 0 saturated carbocycles. The Morgan fingerprint density at radius 3 is 2.37 bits per heavy atom. The number of piperazine rings is 1. The van der Waals surface area contributed by atoms with Crippen molar-refractivity contribution in [3.05, 3.63) is 29.8 Å². The molecular formula is C16H20F3N3O5. The van der Waals surface area contributed by atoms with E-state index in [1.54, 1.807) is 6.92 Å². The normalized spacial score (nSPS) is 22.8. The molecule has 0 aromatic heterocycles. The van der Waals surface area contributed by atoms with E-state index in [-0.39, 0.29) is 13.1 Å². The predicted molar refractivity (Wildman–Crippen MR) is 86.3 cm³/mol. The fourth-order valence-electron chi connectivity index (χ4n) is 2.94. The molecule has 11 heteroatoms. The highest BCUT2D eigenvalue weighted by atomic mass is 19.4. The van der Waals surface area contributed by atoms with Crippen LogP contribution in [-0.4, -0.2) is 65.1 Å². The van der Waals surface area contributed by atoms with E-state index in [4.69, 9.17) is 5.73 Å². The van der Waals surface area contributed by atoms with Crippen LogP contribution < -0.4 is 15.8 Å². The van der Waals surface area contributed by atoms with Gasteiger partial charge in [-0.1, -0.05) is 12.1 Å². The first-order chi connectivity index (χ1) is 12.5. The van der Waals surface area contributed by atoms with Crippen molar-refractivity contribution in [1.82, 2.24) is 10.2 Å². The number of nitrogens with zero attached hydrogens (tertiary/aromatic N) is 1. The van der Waals surface area contributed by atoms with Crippen molar-refractivity contribution in [2.24, 2.45) is 5.73 Å². The summed E-state index contributed by atoms with van der Waals surface area (Å²) in [5, 5.41) is 22.6. The first kappa shape index (κ1) is 20.9. The topological polar surface area (TPSA) is 125 Å². The van der Waals surface area contributed by atoms with E-state index in [9.17, 15) is 33.0 Å². The predicted octanol–water partition coefficient (Wildman–Crippen LogP) is -0.561. The second kappa shape index (κ2) is 7.71. The van der Waals surface area contributed by atoms with Crippen LogP contribution in [0.3, 0.4) is 0 Å². The Kier molecular flexibility index (Phi) is 5.97. The minimum Gasteiger partial charge on any atom is -0.406 e. The Labute approximate surface area is 152 Å². The number of aliphatic hydroxyl groups is 2.